The van der Waals surface area contributed by atoms with Crippen molar-refractivity contribution in [2.75, 3.05) is 13.7 Å². The molecule has 114 valence electrons. The molecule has 0 radical (unpaired) electrons. The Morgan fingerprint density at radius 1 is 1.24 bits per heavy atom. The lowest BCUT2D eigenvalue weighted by molar-refractivity contribution is -0.154. The van der Waals surface area contributed by atoms with Gasteiger partial charge >= 0.3 is 5.97 Å². The molecule has 0 spiro atoms. The van der Waals surface area contributed by atoms with Crippen molar-refractivity contribution >= 4 is 5.97 Å². The zero-order chi connectivity index (χ0) is 14.7. The number of nitrogens with one attached hydrogen (secondary N) is 1. The Balaban J connectivity index is 1.86. The van der Waals surface area contributed by atoms with Gasteiger partial charge in [0.15, 0.2) is 5.54 Å². The van der Waals surface area contributed by atoms with Crippen molar-refractivity contribution in [3.05, 3.63) is 35.9 Å². The molecule has 3 rings (SSSR count). The summed E-state index contributed by atoms with van der Waals surface area (Å²) in [6, 6.07) is 10.2. The van der Waals surface area contributed by atoms with Crippen LogP contribution in [0, 0.1) is 0 Å². The van der Waals surface area contributed by atoms with Gasteiger partial charge in [-0.15, -0.1) is 0 Å². The number of benzene rings is 1. The molecule has 1 aromatic carbocycles. The first-order valence-corrected chi connectivity index (χ1v) is 7.78. The summed E-state index contributed by atoms with van der Waals surface area (Å²) >= 11 is 0. The molecule has 1 aromatic rings. The Labute approximate surface area is 125 Å². The third-order valence-corrected chi connectivity index (χ3v) is 4.42. The maximum Gasteiger partial charge on any atom is 0.333 e. The molecule has 0 aromatic heterocycles. The van der Waals surface area contributed by atoms with Crippen LogP contribution < -0.4 is 5.32 Å². The van der Waals surface area contributed by atoms with Crippen molar-refractivity contribution in [2.24, 2.45) is 0 Å². The van der Waals surface area contributed by atoms with E-state index in [0.29, 0.717) is 18.8 Å². The smallest absolute Gasteiger partial charge is 0.333 e. The lowest BCUT2D eigenvalue weighted by Crippen LogP contribution is -2.55. The van der Waals surface area contributed by atoms with Gasteiger partial charge in [0.2, 0.25) is 0 Å². The van der Waals surface area contributed by atoms with Crippen LogP contribution in [-0.4, -0.2) is 31.8 Å². The van der Waals surface area contributed by atoms with E-state index in [2.05, 4.69) is 5.32 Å². The highest BCUT2D eigenvalue weighted by atomic mass is 16.5. The molecule has 0 amide bonds. The molecule has 21 heavy (non-hydrogen) atoms. The third kappa shape index (κ3) is 3.11. The SMILES string of the molecule is COC(=O)C(COC1CCC1)(NC1CC1)c1ccccc1. The lowest BCUT2D eigenvalue weighted by atomic mass is 9.89. The van der Waals surface area contributed by atoms with Gasteiger partial charge in [-0.3, -0.25) is 5.32 Å². The average Bonchev–Trinajstić information content (AvgIpc) is 3.28. The van der Waals surface area contributed by atoms with E-state index in [9.17, 15) is 4.79 Å². The van der Waals surface area contributed by atoms with E-state index in [4.69, 9.17) is 9.47 Å². The van der Waals surface area contributed by atoms with Gasteiger partial charge < -0.3 is 9.47 Å². The van der Waals surface area contributed by atoms with E-state index in [0.717, 1.165) is 31.2 Å². The van der Waals surface area contributed by atoms with Crippen molar-refractivity contribution in [3.63, 3.8) is 0 Å². The van der Waals surface area contributed by atoms with Gasteiger partial charge in [0, 0.05) is 6.04 Å². The van der Waals surface area contributed by atoms with E-state index < -0.39 is 5.54 Å². The fraction of sp³-hybridized carbons (Fsp3) is 0.588. The molecule has 2 saturated carbocycles. The van der Waals surface area contributed by atoms with Crippen LogP contribution in [0.25, 0.3) is 0 Å². The summed E-state index contributed by atoms with van der Waals surface area (Å²) in [6.07, 6.45) is 5.91. The minimum atomic E-state index is -0.882. The molecule has 2 aliphatic rings. The minimum absolute atomic E-state index is 0.264. The standard InChI is InChI=1S/C17H23NO3/c1-20-16(19)17(18-14-10-11-14,12-21-15-8-5-9-15)13-6-3-2-4-7-13/h2-4,6-7,14-15,18H,5,8-12H2,1H3. The van der Waals surface area contributed by atoms with Gasteiger partial charge in [-0.1, -0.05) is 30.3 Å². The fourth-order valence-corrected chi connectivity index (χ4v) is 2.70. The van der Waals surface area contributed by atoms with Crippen molar-refractivity contribution in [3.8, 4) is 0 Å². The van der Waals surface area contributed by atoms with Crippen LogP contribution in [0.2, 0.25) is 0 Å². The van der Waals surface area contributed by atoms with Crippen LogP contribution in [0.3, 0.4) is 0 Å². The van der Waals surface area contributed by atoms with Crippen LogP contribution in [0.1, 0.15) is 37.7 Å². The van der Waals surface area contributed by atoms with E-state index in [-0.39, 0.29) is 5.97 Å². The van der Waals surface area contributed by atoms with Crippen LogP contribution in [0.15, 0.2) is 30.3 Å². The summed E-state index contributed by atoms with van der Waals surface area (Å²) < 4.78 is 11.1. The number of carbonyl (C=O) groups is 1. The molecular formula is C17H23NO3. The molecule has 1 unspecified atom stereocenters. The van der Waals surface area contributed by atoms with Gasteiger partial charge in [0.25, 0.3) is 0 Å². The molecule has 0 heterocycles. The Kier molecular flexibility index (Phi) is 4.27. The first kappa shape index (κ1) is 14.5. The van der Waals surface area contributed by atoms with Crippen molar-refractivity contribution < 1.29 is 14.3 Å². The van der Waals surface area contributed by atoms with Crippen LogP contribution >= 0.6 is 0 Å². The molecule has 0 aliphatic heterocycles. The maximum absolute atomic E-state index is 12.6. The second kappa shape index (κ2) is 6.16. The number of methoxy groups -OCH3 is 1. The second-order valence-electron chi connectivity index (χ2n) is 6.05. The summed E-state index contributed by atoms with van der Waals surface area (Å²) in [5.41, 5.74) is 0.0373. The molecule has 0 saturated heterocycles. The molecule has 4 heteroatoms. The molecule has 2 aliphatic carbocycles. The molecule has 2 fully saturated rings. The van der Waals surface area contributed by atoms with Gasteiger partial charge in [0.1, 0.15) is 0 Å². The monoisotopic (exact) mass is 289 g/mol. The highest BCUT2D eigenvalue weighted by molar-refractivity contribution is 5.83. The predicted octanol–water partition coefficient (Wildman–Crippen LogP) is 2.38. The van der Waals surface area contributed by atoms with Crippen LogP contribution in [-0.2, 0) is 19.8 Å². The Hall–Kier alpha value is -1.39. The Morgan fingerprint density at radius 2 is 1.95 bits per heavy atom. The van der Waals surface area contributed by atoms with Crippen LogP contribution in [0.4, 0.5) is 0 Å². The largest absolute Gasteiger partial charge is 0.467 e. The number of ether oxygens (including phenoxy) is 2. The quantitative estimate of drug-likeness (QED) is 0.783. The van der Waals surface area contributed by atoms with Crippen molar-refractivity contribution in [2.45, 2.75) is 49.8 Å². The highest BCUT2D eigenvalue weighted by Gasteiger charge is 2.46. The van der Waals surface area contributed by atoms with E-state index in [1.54, 1.807) is 0 Å². The molecular weight excluding hydrogens is 266 g/mol. The number of hydrogen-bond acceptors (Lipinski definition) is 4. The van der Waals surface area contributed by atoms with E-state index in [1.807, 2.05) is 30.3 Å². The third-order valence-electron chi connectivity index (χ3n) is 4.42. The number of hydrogen-bond donors (Lipinski definition) is 1. The molecule has 1 N–H and O–H groups in total. The maximum atomic E-state index is 12.6. The summed E-state index contributed by atoms with van der Waals surface area (Å²) in [4.78, 5) is 12.6. The minimum Gasteiger partial charge on any atom is -0.467 e. The van der Waals surface area contributed by atoms with Gasteiger partial charge in [-0.25, -0.2) is 4.79 Å². The Morgan fingerprint density at radius 3 is 2.48 bits per heavy atom. The van der Waals surface area contributed by atoms with Crippen molar-refractivity contribution in [1.29, 1.82) is 0 Å². The number of carbonyl (C=O) groups excluding carboxylic acids is 1. The summed E-state index contributed by atoms with van der Waals surface area (Å²) in [7, 11) is 1.44. The summed E-state index contributed by atoms with van der Waals surface area (Å²) in [5.74, 6) is -0.264. The van der Waals surface area contributed by atoms with Crippen molar-refractivity contribution in [1.82, 2.24) is 5.32 Å². The zero-order valence-corrected chi connectivity index (χ0v) is 12.5. The fourth-order valence-electron chi connectivity index (χ4n) is 2.70. The molecule has 4 nitrogen and oxygen atoms in total. The number of rotatable bonds is 7. The van der Waals surface area contributed by atoms with Gasteiger partial charge in [-0.2, -0.15) is 0 Å². The van der Waals surface area contributed by atoms with Crippen LogP contribution in [0.5, 0.6) is 0 Å². The van der Waals surface area contributed by atoms with E-state index in [1.165, 1.54) is 13.5 Å². The average molecular weight is 289 g/mol. The lowest BCUT2D eigenvalue weighted by Gasteiger charge is -2.36. The topological polar surface area (TPSA) is 47.6 Å². The first-order chi connectivity index (χ1) is 10.2. The normalized spacial score (nSPS) is 21.4. The second-order valence-corrected chi connectivity index (χ2v) is 6.05. The summed E-state index contributed by atoms with van der Waals surface area (Å²) in [5, 5.41) is 3.48. The highest BCUT2D eigenvalue weighted by Crippen LogP contribution is 2.32. The molecule has 1 atom stereocenters. The summed E-state index contributed by atoms with van der Waals surface area (Å²) in [6.45, 7) is 0.338. The molecule has 0 bridgehead atoms. The van der Waals surface area contributed by atoms with E-state index >= 15 is 0 Å². The predicted molar refractivity (Wildman–Crippen MR) is 79.9 cm³/mol. The first-order valence-electron chi connectivity index (χ1n) is 7.78. The zero-order valence-electron chi connectivity index (χ0n) is 12.5. The number of esters is 1. The Bertz CT molecular complexity index is 482. The van der Waals surface area contributed by atoms with Gasteiger partial charge in [0.05, 0.1) is 19.8 Å². The van der Waals surface area contributed by atoms with Gasteiger partial charge in [-0.05, 0) is 37.7 Å².